The third-order valence-corrected chi connectivity index (χ3v) is 5.35. The fourth-order valence-electron chi connectivity index (χ4n) is 2.40. The molecule has 0 fully saturated rings. The third kappa shape index (κ3) is 4.41. The molecule has 1 heterocycles. The van der Waals surface area contributed by atoms with Crippen molar-refractivity contribution in [3.05, 3.63) is 58.6 Å². The Labute approximate surface area is 165 Å². The lowest BCUT2D eigenvalue weighted by molar-refractivity contribution is -0.137. The van der Waals surface area contributed by atoms with Crippen LogP contribution in [0.4, 0.5) is 13.2 Å². The monoisotopic (exact) mass is 455 g/mol. The van der Waals surface area contributed by atoms with Crippen molar-refractivity contribution in [3.8, 4) is 17.1 Å². The van der Waals surface area contributed by atoms with Gasteiger partial charge >= 0.3 is 6.18 Å². The quantitative estimate of drug-likeness (QED) is 0.483. The van der Waals surface area contributed by atoms with Crippen LogP contribution >= 0.6 is 27.7 Å². The number of carbonyl (C=O) groups is 1. The van der Waals surface area contributed by atoms with Gasteiger partial charge in [-0.1, -0.05) is 52.0 Å². The first kappa shape index (κ1) is 19.6. The molecule has 0 saturated carbocycles. The Balaban J connectivity index is 2.18. The predicted molar refractivity (Wildman–Crippen MR) is 101 cm³/mol. The number of hydrogen-bond acceptors (Lipinski definition) is 4. The fourth-order valence-corrected chi connectivity index (χ4v) is 3.61. The summed E-state index contributed by atoms with van der Waals surface area (Å²) in [6.45, 7) is 1.44. The molecule has 9 heteroatoms. The van der Waals surface area contributed by atoms with Gasteiger partial charge in [-0.2, -0.15) is 13.2 Å². The van der Waals surface area contributed by atoms with E-state index in [1.165, 1.54) is 17.6 Å². The molecule has 27 heavy (non-hydrogen) atoms. The van der Waals surface area contributed by atoms with Crippen LogP contribution in [0.1, 0.15) is 12.5 Å². The van der Waals surface area contributed by atoms with E-state index in [9.17, 15) is 18.0 Å². The standard InChI is InChI=1S/C18H13BrF3N3OS/c1-11(26)10-27-17-24-23-16(14-7-2-3-8-15(14)19)25(17)13-6-4-5-12(9-13)18(20,21)22/h2-9H,10H2,1H3. The zero-order chi connectivity index (χ0) is 19.6. The first-order valence-corrected chi connectivity index (χ1v) is 9.55. The predicted octanol–water partition coefficient (Wildman–Crippen LogP) is 5.40. The number of thioether (sulfide) groups is 1. The van der Waals surface area contributed by atoms with E-state index in [4.69, 9.17) is 0 Å². The van der Waals surface area contributed by atoms with Gasteiger partial charge in [0.05, 0.1) is 17.0 Å². The maximum absolute atomic E-state index is 13.2. The van der Waals surface area contributed by atoms with Crippen LogP contribution in [0.5, 0.6) is 0 Å². The van der Waals surface area contributed by atoms with E-state index >= 15 is 0 Å². The largest absolute Gasteiger partial charge is 0.416 e. The lowest BCUT2D eigenvalue weighted by atomic mass is 10.1. The maximum Gasteiger partial charge on any atom is 0.416 e. The molecule has 0 unspecified atom stereocenters. The van der Waals surface area contributed by atoms with Crippen molar-refractivity contribution in [3.63, 3.8) is 0 Å². The normalized spacial score (nSPS) is 11.6. The number of ketones is 1. The molecular formula is C18H13BrF3N3OS. The second-order valence-electron chi connectivity index (χ2n) is 5.66. The average molecular weight is 456 g/mol. The topological polar surface area (TPSA) is 47.8 Å². The van der Waals surface area contributed by atoms with E-state index < -0.39 is 11.7 Å². The summed E-state index contributed by atoms with van der Waals surface area (Å²) in [6, 6.07) is 12.2. The van der Waals surface area contributed by atoms with Gasteiger partial charge in [0.2, 0.25) is 0 Å². The zero-order valence-electron chi connectivity index (χ0n) is 14.0. The van der Waals surface area contributed by atoms with Crippen LogP contribution in [0.2, 0.25) is 0 Å². The Morgan fingerprint density at radius 2 is 1.89 bits per heavy atom. The molecule has 0 aliphatic carbocycles. The van der Waals surface area contributed by atoms with Gasteiger partial charge in [0, 0.05) is 10.0 Å². The van der Waals surface area contributed by atoms with E-state index in [0.717, 1.165) is 28.4 Å². The summed E-state index contributed by atoms with van der Waals surface area (Å²) in [4.78, 5) is 11.3. The molecule has 0 N–H and O–H groups in total. The molecule has 0 saturated heterocycles. The van der Waals surface area contributed by atoms with Crippen LogP contribution < -0.4 is 0 Å². The van der Waals surface area contributed by atoms with Crippen molar-refractivity contribution < 1.29 is 18.0 Å². The fraction of sp³-hybridized carbons (Fsp3) is 0.167. The number of nitrogens with zero attached hydrogens (tertiary/aromatic N) is 3. The summed E-state index contributed by atoms with van der Waals surface area (Å²) < 4.78 is 41.7. The first-order chi connectivity index (χ1) is 12.8. The molecule has 2 aromatic carbocycles. The highest BCUT2D eigenvalue weighted by Crippen LogP contribution is 2.35. The molecule has 1 aromatic heterocycles. The Kier molecular flexibility index (Phi) is 5.71. The van der Waals surface area contributed by atoms with Crippen molar-refractivity contribution in [2.24, 2.45) is 0 Å². The molecule has 3 rings (SSSR count). The number of rotatable bonds is 5. The summed E-state index contributed by atoms with van der Waals surface area (Å²) in [7, 11) is 0. The lowest BCUT2D eigenvalue weighted by Crippen LogP contribution is -2.07. The van der Waals surface area contributed by atoms with Gasteiger partial charge in [0.15, 0.2) is 11.0 Å². The minimum absolute atomic E-state index is 0.0685. The third-order valence-electron chi connectivity index (χ3n) is 3.58. The highest BCUT2D eigenvalue weighted by Gasteiger charge is 2.31. The number of halogens is 4. The van der Waals surface area contributed by atoms with Gasteiger partial charge in [-0.05, 0) is 31.2 Å². The second kappa shape index (κ2) is 7.85. The minimum atomic E-state index is -4.47. The Hall–Kier alpha value is -2.13. The summed E-state index contributed by atoms with van der Waals surface area (Å²) in [5.74, 6) is 0.460. The highest BCUT2D eigenvalue weighted by atomic mass is 79.9. The van der Waals surface area contributed by atoms with Gasteiger partial charge in [-0.25, -0.2) is 0 Å². The van der Waals surface area contributed by atoms with Crippen LogP contribution in [0.3, 0.4) is 0 Å². The molecule has 0 atom stereocenters. The Morgan fingerprint density at radius 3 is 2.56 bits per heavy atom. The minimum Gasteiger partial charge on any atom is -0.299 e. The zero-order valence-corrected chi connectivity index (χ0v) is 16.4. The molecule has 140 valence electrons. The van der Waals surface area contributed by atoms with Crippen LogP contribution in [-0.4, -0.2) is 26.3 Å². The van der Waals surface area contributed by atoms with Crippen molar-refractivity contribution in [1.82, 2.24) is 14.8 Å². The van der Waals surface area contributed by atoms with E-state index in [2.05, 4.69) is 26.1 Å². The number of aromatic nitrogens is 3. The van der Waals surface area contributed by atoms with E-state index in [1.54, 1.807) is 18.2 Å². The van der Waals surface area contributed by atoms with E-state index in [-0.39, 0.29) is 17.2 Å². The smallest absolute Gasteiger partial charge is 0.299 e. The molecule has 3 aromatic rings. The van der Waals surface area contributed by atoms with Gasteiger partial charge < -0.3 is 0 Å². The molecule has 0 amide bonds. The maximum atomic E-state index is 13.2. The summed E-state index contributed by atoms with van der Waals surface area (Å²) in [5, 5.41) is 8.60. The molecule has 0 aliphatic heterocycles. The van der Waals surface area contributed by atoms with Crippen molar-refractivity contribution in [2.75, 3.05) is 5.75 Å². The van der Waals surface area contributed by atoms with Gasteiger partial charge in [-0.3, -0.25) is 9.36 Å². The van der Waals surface area contributed by atoms with Crippen LogP contribution in [0.25, 0.3) is 17.1 Å². The van der Waals surface area contributed by atoms with Crippen LogP contribution in [0.15, 0.2) is 58.2 Å². The van der Waals surface area contributed by atoms with Crippen molar-refractivity contribution in [1.29, 1.82) is 0 Å². The van der Waals surface area contributed by atoms with Gasteiger partial charge in [0.1, 0.15) is 5.78 Å². The molecule has 0 spiro atoms. The summed E-state index contributed by atoms with van der Waals surface area (Å²) in [6.07, 6.45) is -4.47. The number of carbonyl (C=O) groups excluding carboxylic acids is 1. The molecular weight excluding hydrogens is 443 g/mol. The number of hydrogen-bond donors (Lipinski definition) is 0. The SMILES string of the molecule is CC(=O)CSc1nnc(-c2ccccc2Br)n1-c1cccc(C(F)(F)F)c1. The highest BCUT2D eigenvalue weighted by molar-refractivity contribution is 9.10. The van der Waals surface area contributed by atoms with E-state index in [1.807, 2.05) is 12.1 Å². The number of Topliss-reactive ketones (excluding diaryl/α,β-unsaturated/α-hetero) is 1. The Morgan fingerprint density at radius 1 is 1.15 bits per heavy atom. The van der Waals surface area contributed by atoms with Crippen molar-refractivity contribution >= 4 is 33.5 Å². The van der Waals surface area contributed by atoms with E-state index in [0.29, 0.717) is 16.5 Å². The molecule has 0 bridgehead atoms. The summed E-state index contributed by atoms with van der Waals surface area (Å²) >= 11 is 4.56. The first-order valence-electron chi connectivity index (χ1n) is 7.77. The second-order valence-corrected chi connectivity index (χ2v) is 7.46. The average Bonchev–Trinajstić information content (AvgIpc) is 3.03. The number of alkyl halides is 3. The van der Waals surface area contributed by atoms with Crippen molar-refractivity contribution in [2.45, 2.75) is 18.3 Å². The van der Waals surface area contributed by atoms with Gasteiger partial charge in [-0.15, -0.1) is 10.2 Å². The van der Waals surface area contributed by atoms with Crippen LogP contribution in [-0.2, 0) is 11.0 Å². The molecule has 4 nitrogen and oxygen atoms in total. The number of benzene rings is 2. The van der Waals surface area contributed by atoms with Gasteiger partial charge in [0.25, 0.3) is 0 Å². The molecule has 0 aliphatic rings. The lowest BCUT2D eigenvalue weighted by Gasteiger charge is -2.13. The summed E-state index contributed by atoms with van der Waals surface area (Å²) in [5.41, 5.74) is 0.179. The van der Waals surface area contributed by atoms with Crippen LogP contribution in [0, 0.1) is 0 Å². The Bertz CT molecular complexity index is 988. The molecule has 0 radical (unpaired) electrons.